The first kappa shape index (κ1) is 22.0. The van der Waals surface area contributed by atoms with E-state index < -0.39 is 0 Å². The smallest absolute Gasteiger partial charge is 0.0426 e. The number of anilines is 1. The van der Waals surface area contributed by atoms with Gasteiger partial charge in [0.1, 0.15) is 0 Å². The minimum absolute atomic E-state index is 0.853. The van der Waals surface area contributed by atoms with E-state index in [1.165, 1.54) is 33.5 Å². The molecule has 0 heterocycles. The molecule has 0 saturated heterocycles. The number of hydrogen-bond donors (Lipinski definition) is 1. The maximum Gasteiger partial charge on any atom is 0.0426 e. The molecule has 0 aromatic heterocycles. The van der Waals surface area contributed by atoms with Crippen molar-refractivity contribution in [3.8, 4) is 0 Å². The fourth-order valence-corrected chi connectivity index (χ4v) is 3.20. The molecular formula is C27H32N2. The monoisotopic (exact) mass is 384 g/mol. The number of hydrogen-bond acceptors (Lipinski definition) is 2. The average Bonchev–Trinajstić information content (AvgIpc) is 2.74. The SMILES string of the molecule is C=C/C=C\c1cccc(N(C)Cc2ccc(C(/C=C\C(C)=C/N)=C\C)cc2)c1C. The van der Waals surface area contributed by atoms with Crippen LogP contribution in [0.3, 0.4) is 0 Å². The van der Waals surface area contributed by atoms with Crippen LogP contribution in [-0.2, 0) is 6.54 Å². The van der Waals surface area contributed by atoms with Gasteiger partial charge in [-0.3, -0.25) is 0 Å². The molecule has 0 aliphatic rings. The van der Waals surface area contributed by atoms with E-state index in [2.05, 4.69) is 93.1 Å². The summed E-state index contributed by atoms with van der Waals surface area (Å²) in [5.74, 6) is 0. The average molecular weight is 385 g/mol. The first-order valence-electron chi connectivity index (χ1n) is 9.92. The van der Waals surface area contributed by atoms with E-state index in [1.807, 2.05) is 19.1 Å². The lowest BCUT2D eigenvalue weighted by molar-refractivity contribution is 0.917. The Morgan fingerprint density at radius 3 is 2.45 bits per heavy atom. The summed E-state index contributed by atoms with van der Waals surface area (Å²) < 4.78 is 0. The van der Waals surface area contributed by atoms with E-state index in [0.717, 1.165) is 12.1 Å². The molecule has 0 atom stereocenters. The molecule has 2 aromatic rings. The Bertz CT molecular complexity index is 941. The standard InChI is InChI=1S/C27H32N2/c1-6-8-10-25-11-9-12-27(22(25)4)29(5)20-23-14-17-26(18-15-23)24(7-2)16-13-21(3)19-28/h6-19H,1,20,28H2,2-5H3/b10-8-,16-13-,21-19-,24-7-. The highest BCUT2D eigenvalue weighted by molar-refractivity contribution is 5.74. The van der Waals surface area contributed by atoms with Crippen LogP contribution >= 0.6 is 0 Å². The fourth-order valence-electron chi connectivity index (χ4n) is 3.20. The largest absolute Gasteiger partial charge is 0.404 e. The molecule has 0 bridgehead atoms. The fraction of sp³-hybridized carbons (Fsp3) is 0.185. The van der Waals surface area contributed by atoms with E-state index >= 15 is 0 Å². The highest BCUT2D eigenvalue weighted by Gasteiger charge is 2.08. The first-order chi connectivity index (χ1) is 14.0. The molecule has 0 aliphatic carbocycles. The molecule has 0 spiro atoms. The second-order valence-corrected chi connectivity index (χ2v) is 7.13. The van der Waals surface area contributed by atoms with Crippen molar-refractivity contribution in [2.75, 3.05) is 11.9 Å². The van der Waals surface area contributed by atoms with Crippen molar-refractivity contribution in [2.45, 2.75) is 27.3 Å². The Hall–Kier alpha value is -3.26. The van der Waals surface area contributed by atoms with Gasteiger partial charge in [-0.1, -0.05) is 79.4 Å². The van der Waals surface area contributed by atoms with Crippen LogP contribution in [0.5, 0.6) is 0 Å². The quantitative estimate of drug-likeness (QED) is 0.516. The Morgan fingerprint density at radius 1 is 1.10 bits per heavy atom. The Labute approximate surface area is 176 Å². The van der Waals surface area contributed by atoms with Crippen molar-refractivity contribution in [3.63, 3.8) is 0 Å². The van der Waals surface area contributed by atoms with Crippen LogP contribution < -0.4 is 10.6 Å². The number of benzene rings is 2. The van der Waals surface area contributed by atoms with Gasteiger partial charge in [0.25, 0.3) is 0 Å². The van der Waals surface area contributed by atoms with Crippen molar-refractivity contribution < 1.29 is 0 Å². The van der Waals surface area contributed by atoms with E-state index in [0.29, 0.717) is 0 Å². The third kappa shape index (κ3) is 6.11. The zero-order valence-electron chi connectivity index (χ0n) is 18.0. The summed E-state index contributed by atoms with van der Waals surface area (Å²) in [6, 6.07) is 15.2. The minimum Gasteiger partial charge on any atom is -0.404 e. The van der Waals surface area contributed by atoms with Crippen molar-refractivity contribution in [3.05, 3.63) is 113 Å². The molecular weight excluding hydrogens is 352 g/mol. The van der Waals surface area contributed by atoms with Gasteiger partial charge in [-0.2, -0.15) is 0 Å². The highest BCUT2D eigenvalue weighted by atomic mass is 15.1. The number of rotatable bonds is 8. The first-order valence-corrected chi connectivity index (χ1v) is 9.92. The van der Waals surface area contributed by atoms with Crippen molar-refractivity contribution in [1.82, 2.24) is 0 Å². The maximum atomic E-state index is 5.55. The summed E-state index contributed by atoms with van der Waals surface area (Å²) in [6.07, 6.45) is 13.8. The van der Waals surface area contributed by atoms with E-state index in [-0.39, 0.29) is 0 Å². The molecule has 2 nitrogen and oxygen atoms in total. The molecule has 29 heavy (non-hydrogen) atoms. The molecule has 2 N–H and O–H groups in total. The molecule has 0 unspecified atom stereocenters. The lowest BCUT2D eigenvalue weighted by Crippen LogP contribution is -2.17. The topological polar surface area (TPSA) is 29.3 Å². The van der Waals surface area contributed by atoms with Gasteiger partial charge < -0.3 is 10.6 Å². The summed E-state index contributed by atoms with van der Waals surface area (Å²) in [5, 5.41) is 0. The van der Waals surface area contributed by atoms with Crippen LogP contribution in [0, 0.1) is 6.92 Å². The van der Waals surface area contributed by atoms with Gasteiger partial charge in [0.15, 0.2) is 0 Å². The van der Waals surface area contributed by atoms with Crippen LogP contribution in [0.25, 0.3) is 11.6 Å². The molecule has 2 heteroatoms. The lowest BCUT2D eigenvalue weighted by Gasteiger charge is -2.23. The molecule has 0 radical (unpaired) electrons. The van der Waals surface area contributed by atoms with Gasteiger partial charge in [-0.15, -0.1) is 0 Å². The molecule has 0 aliphatic heterocycles. The van der Waals surface area contributed by atoms with E-state index in [1.54, 1.807) is 12.3 Å². The Balaban J connectivity index is 2.16. The lowest BCUT2D eigenvalue weighted by atomic mass is 10.0. The van der Waals surface area contributed by atoms with Crippen molar-refractivity contribution in [1.29, 1.82) is 0 Å². The summed E-state index contributed by atoms with van der Waals surface area (Å²) in [6.45, 7) is 10.8. The zero-order valence-corrected chi connectivity index (χ0v) is 18.0. The van der Waals surface area contributed by atoms with Crippen molar-refractivity contribution in [2.24, 2.45) is 5.73 Å². The number of allylic oxidation sites excluding steroid dienone is 7. The Morgan fingerprint density at radius 2 is 1.83 bits per heavy atom. The number of nitrogens with zero attached hydrogens (tertiary/aromatic N) is 1. The van der Waals surface area contributed by atoms with Gasteiger partial charge in [0, 0.05) is 19.3 Å². The van der Waals surface area contributed by atoms with Gasteiger partial charge in [-0.25, -0.2) is 0 Å². The third-order valence-electron chi connectivity index (χ3n) is 4.98. The molecule has 150 valence electrons. The summed E-state index contributed by atoms with van der Waals surface area (Å²) in [4.78, 5) is 2.29. The number of nitrogens with two attached hydrogens (primary N) is 1. The van der Waals surface area contributed by atoms with Gasteiger partial charge in [-0.05, 0) is 66.4 Å². The second-order valence-electron chi connectivity index (χ2n) is 7.13. The Kier molecular flexibility index (Phi) is 8.29. The summed E-state index contributed by atoms with van der Waals surface area (Å²) >= 11 is 0. The normalized spacial score (nSPS) is 12.7. The second kappa shape index (κ2) is 10.9. The van der Waals surface area contributed by atoms with Crippen LogP contribution in [0.1, 0.15) is 36.1 Å². The zero-order chi connectivity index (χ0) is 21.2. The predicted molar refractivity (Wildman–Crippen MR) is 130 cm³/mol. The third-order valence-corrected chi connectivity index (χ3v) is 4.98. The van der Waals surface area contributed by atoms with Gasteiger partial charge >= 0.3 is 0 Å². The predicted octanol–water partition coefficient (Wildman–Crippen LogP) is 6.65. The summed E-state index contributed by atoms with van der Waals surface area (Å²) in [5.41, 5.74) is 14.0. The molecule has 2 rings (SSSR count). The van der Waals surface area contributed by atoms with Crippen LogP contribution in [0.4, 0.5) is 5.69 Å². The van der Waals surface area contributed by atoms with Gasteiger partial charge in [0.2, 0.25) is 0 Å². The van der Waals surface area contributed by atoms with E-state index in [9.17, 15) is 0 Å². The molecule has 0 fully saturated rings. The van der Waals surface area contributed by atoms with Crippen molar-refractivity contribution >= 4 is 17.3 Å². The highest BCUT2D eigenvalue weighted by Crippen LogP contribution is 2.25. The maximum absolute atomic E-state index is 5.55. The van der Waals surface area contributed by atoms with E-state index in [4.69, 9.17) is 5.73 Å². The van der Waals surface area contributed by atoms with Crippen LogP contribution in [0.15, 0.2) is 91.2 Å². The molecule has 0 saturated carbocycles. The molecule has 0 amide bonds. The summed E-state index contributed by atoms with van der Waals surface area (Å²) in [7, 11) is 2.14. The van der Waals surface area contributed by atoms with Crippen LogP contribution in [0.2, 0.25) is 0 Å². The molecule has 2 aromatic carbocycles. The van der Waals surface area contributed by atoms with Gasteiger partial charge in [0.05, 0.1) is 0 Å². The minimum atomic E-state index is 0.853. The van der Waals surface area contributed by atoms with Crippen LogP contribution in [-0.4, -0.2) is 7.05 Å².